The molecule has 1 saturated carbocycles. The van der Waals surface area contributed by atoms with Crippen molar-refractivity contribution in [2.45, 2.75) is 58.6 Å². The van der Waals surface area contributed by atoms with E-state index >= 15 is 0 Å². The summed E-state index contributed by atoms with van der Waals surface area (Å²) in [6.07, 6.45) is 4.19. The molecule has 0 radical (unpaired) electrons. The van der Waals surface area contributed by atoms with Crippen molar-refractivity contribution in [2.75, 3.05) is 18.0 Å². The highest BCUT2D eigenvalue weighted by molar-refractivity contribution is 6.08. The largest absolute Gasteiger partial charge is 0.456 e. The molecule has 3 aromatic rings. The van der Waals surface area contributed by atoms with Crippen molar-refractivity contribution in [3.05, 3.63) is 61.5 Å². The average molecular weight is 522 g/mol. The lowest BCUT2D eigenvalue weighted by molar-refractivity contribution is 0.00717. The van der Waals surface area contributed by atoms with Crippen molar-refractivity contribution in [2.24, 2.45) is 19.5 Å². The Morgan fingerprint density at radius 3 is 2.47 bits per heavy atom. The second kappa shape index (κ2) is 8.86. The van der Waals surface area contributed by atoms with E-state index in [2.05, 4.69) is 11.0 Å². The first kappa shape index (κ1) is 25.8. The number of piperidine rings is 1. The SMILES string of the molecule is Cn1c(=O)c2c(c(C(=O)OC(C)(C)C)c(N3CCCC4(CC4)C3)n2Cc2cc(F)ccc2C#N)n(C)c1=O. The molecule has 9 nitrogen and oxygen atoms in total. The number of nitrogens with zero attached hydrogens (tertiary/aromatic N) is 5. The van der Waals surface area contributed by atoms with Gasteiger partial charge in [-0.25, -0.2) is 14.0 Å². The number of carbonyl (C=O) groups excluding carboxylic acids is 1. The highest BCUT2D eigenvalue weighted by Crippen LogP contribution is 2.53. The number of carbonyl (C=O) groups is 1. The van der Waals surface area contributed by atoms with E-state index in [1.54, 1.807) is 25.3 Å². The smallest absolute Gasteiger partial charge is 0.344 e. The van der Waals surface area contributed by atoms with Gasteiger partial charge >= 0.3 is 11.7 Å². The van der Waals surface area contributed by atoms with Crippen molar-refractivity contribution in [1.82, 2.24) is 13.7 Å². The number of rotatable bonds is 4. The molecule has 2 fully saturated rings. The quantitative estimate of drug-likeness (QED) is 0.488. The van der Waals surface area contributed by atoms with Gasteiger partial charge < -0.3 is 14.2 Å². The summed E-state index contributed by atoms with van der Waals surface area (Å²) in [6, 6.07) is 5.98. The van der Waals surface area contributed by atoms with E-state index in [1.165, 1.54) is 36.9 Å². The van der Waals surface area contributed by atoms with E-state index in [4.69, 9.17) is 4.74 Å². The maximum Gasteiger partial charge on any atom is 0.344 e. The highest BCUT2D eigenvalue weighted by atomic mass is 19.1. The predicted octanol–water partition coefficient (Wildman–Crippen LogP) is 3.43. The molecule has 1 spiro atoms. The molecule has 0 atom stereocenters. The van der Waals surface area contributed by atoms with Gasteiger partial charge in [-0.05, 0) is 75.6 Å². The van der Waals surface area contributed by atoms with Gasteiger partial charge in [0.25, 0.3) is 5.56 Å². The van der Waals surface area contributed by atoms with Crippen LogP contribution in [0.4, 0.5) is 10.2 Å². The van der Waals surface area contributed by atoms with Gasteiger partial charge in [0, 0.05) is 27.2 Å². The minimum absolute atomic E-state index is 0.0355. The summed E-state index contributed by atoms with van der Waals surface area (Å²) < 4.78 is 24.1. The van der Waals surface area contributed by atoms with Crippen LogP contribution in [0.25, 0.3) is 11.0 Å². The third kappa shape index (κ3) is 4.30. The maximum atomic E-state index is 14.3. The molecule has 5 rings (SSSR count). The number of aryl methyl sites for hydroxylation is 1. The molecule has 0 N–H and O–H groups in total. The molecule has 0 bridgehead atoms. The summed E-state index contributed by atoms with van der Waals surface area (Å²) in [4.78, 5) is 42.6. The van der Waals surface area contributed by atoms with Crippen LogP contribution >= 0.6 is 0 Å². The first-order valence-electron chi connectivity index (χ1n) is 12.8. The van der Waals surface area contributed by atoms with Crippen LogP contribution < -0.4 is 16.1 Å². The van der Waals surface area contributed by atoms with Gasteiger partial charge in [-0.1, -0.05) is 0 Å². The van der Waals surface area contributed by atoms with Crippen LogP contribution in [-0.4, -0.2) is 38.4 Å². The number of benzene rings is 1. The zero-order valence-electron chi connectivity index (χ0n) is 22.4. The topological polar surface area (TPSA) is 102 Å². The Morgan fingerprint density at radius 1 is 1.13 bits per heavy atom. The maximum absolute atomic E-state index is 14.3. The lowest BCUT2D eigenvalue weighted by atomic mass is 9.95. The molecule has 38 heavy (non-hydrogen) atoms. The summed E-state index contributed by atoms with van der Waals surface area (Å²) in [6.45, 7) is 6.58. The van der Waals surface area contributed by atoms with E-state index in [9.17, 15) is 24.0 Å². The summed E-state index contributed by atoms with van der Waals surface area (Å²) in [7, 11) is 2.91. The normalized spacial score (nSPS) is 16.6. The number of hydrogen-bond donors (Lipinski definition) is 0. The van der Waals surface area contributed by atoms with Gasteiger partial charge in [0.05, 0.1) is 23.7 Å². The zero-order chi connectivity index (χ0) is 27.6. The van der Waals surface area contributed by atoms with Crippen molar-refractivity contribution < 1.29 is 13.9 Å². The Labute approximate surface area is 219 Å². The third-order valence-corrected chi connectivity index (χ3v) is 7.66. The van der Waals surface area contributed by atoms with E-state index in [0.29, 0.717) is 24.5 Å². The first-order chi connectivity index (χ1) is 17.9. The number of halogens is 1. The van der Waals surface area contributed by atoms with Gasteiger partial charge in [0.2, 0.25) is 0 Å². The zero-order valence-corrected chi connectivity index (χ0v) is 22.4. The molecule has 2 aliphatic rings. The molecule has 0 unspecified atom stereocenters. The lowest BCUT2D eigenvalue weighted by Gasteiger charge is -2.36. The Balaban J connectivity index is 1.87. The summed E-state index contributed by atoms with van der Waals surface area (Å²) in [5.74, 6) is -0.694. The van der Waals surface area contributed by atoms with Crippen molar-refractivity contribution in [3.63, 3.8) is 0 Å². The molecule has 1 aliphatic heterocycles. The predicted molar refractivity (Wildman–Crippen MR) is 141 cm³/mol. The fraction of sp³-hybridized carbons (Fsp3) is 0.500. The highest BCUT2D eigenvalue weighted by Gasteiger charge is 2.47. The van der Waals surface area contributed by atoms with E-state index in [0.717, 1.165) is 30.3 Å². The van der Waals surface area contributed by atoms with Crippen LogP contribution in [0.2, 0.25) is 0 Å². The van der Waals surface area contributed by atoms with Crippen LogP contribution in [0, 0.1) is 22.6 Å². The van der Waals surface area contributed by atoms with Crippen molar-refractivity contribution in [3.8, 4) is 6.07 Å². The number of fused-ring (bicyclic) bond motifs is 1. The fourth-order valence-corrected chi connectivity index (χ4v) is 5.65. The van der Waals surface area contributed by atoms with E-state index in [1.807, 2.05) is 0 Å². The first-order valence-corrected chi connectivity index (χ1v) is 12.8. The molecule has 2 aromatic heterocycles. The second-order valence-electron chi connectivity index (χ2n) is 11.6. The molecular formula is C28H32FN5O4. The number of nitriles is 1. The molecule has 200 valence electrons. The monoisotopic (exact) mass is 521 g/mol. The lowest BCUT2D eigenvalue weighted by Crippen LogP contribution is -2.39. The van der Waals surface area contributed by atoms with Crippen LogP contribution in [0.15, 0.2) is 27.8 Å². The van der Waals surface area contributed by atoms with E-state index in [-0.39, 0.29) is 34.1 Å². The molecule has 1 aliphatic carbocycles. The Hall–Kier alpha value is -3.87. The summed E-state index contributed by atoms with van der Waals surface area (Å²) in [5.41, 5.74) is -0.728. The van der Waals surface area contributed by atoms with Gasteiger partial charge in [0.1, 0.15) is 28.3 Å². The molecule has 1 saturated heterocycles. The van der Waals surface area contributed by atoms with Gasteiger partial charge in [-0.2, -0.15) is 5.26 Å². The van der Waals surface area contributed by atoms with Crippen LogP contribution in [-0.2, 0) is 25.4 Å². The minimum Gasteiger partial charge on any atom is -0.456 e. The molecule has 10 heteroatoms. The molecule has 1 aromatic carbocycles. The van der Waals surface area contributed by atoms with Gasteiger partial charge in [-0.15, -0.1) is 0 Å². The Morgan fingerprint density at radius 2 is 1.84 bits per heavy atom. The van der Waals surface area contributed by atoms with Gasteiger partial charge in [0.15, 0.2) is 0 Å². The third-order valence-electron chi connectivity index (χ3n) is 7.66. The van der Waals surface area contributed by atoms with E-state index < -0.39 is 28.6 Å². The summed E-state index contributed by atoms with van der Waals surface area (Å²) >= 11 is 0. The number of anilines is 1. The van der Waals surface area contributed by atoms with Crippen LogP contribution in [0.1, 0.15) is 67.9 Å². The Kier molecular flexibility index (Phi) is 6.01. The fourth-order valence-electron chi connectivity index (χ4n) is 5.65. The molecule has 0 amide bonds. The van der Waals surface area contributed by atoms with Crippen LogP contribution in [0.3, 0.4) is 0 Å². The summed E-state index contributed by atoms with van der Waals surface area (Å²) in [5, 5.41) is 9.72. The second-order valence-corrected chi connectivity index (χ2v) is 11.6. The van der Waals surface area contributed by atoms with Crippen molar-refractivity contribution >= 4 is 22.8 Å². The number of hydrogen-bond acceptors (Lipinski definition) is 6. The van der Waals surface area contributed by atoms with Crippen molar-refractivity contribution in [1.29, 1.82) is 5.26 Å². The van der Waals surface area contributed by atoms with Crippen LogP contribution in [0.5, 0.6) is 0 Å². The number of ether oxygens (including phenoxy) is 1. The van der Waals surface area contributed by atoms with Gasteiger partial charge in [-0.3, -0.25) is 13.9 Å². The molecular weight excluding hydrogens is 489 g/mol. The average Bonchev–Trinajstić information content (AvgIpc) is 3.49. The Bertz CT molecular complexity index is 1630. The number of esters is 1. The standard InChI is InChI=1S/C28H32FN5O4/c1-27(2,3)38-25(36)20-21-22(24(35)32(5)26(37)31(21)4)34(15-18-13-19(29)8-7-17(18)14-30)23(20)33-12-6-9-28(16-33)10-11-28/h7-8,13H,6,9-12,15-16H2,1-5H3. The molecule has 3 heterocycles. The number of aromatic nitrogens is 3. The minimum atomic E-state index is -0.822.